The molecule has 0 unspecified atom stereocenters. The summed E-state index contributed by atoms with van der Waals surface area (Å²) in [6.45, 7) is 0. The van der Waals surface area contributed by atoms with E-state index >= 15 is 0 Å². The van der Waals surface area contributed by atoms with E-state index in [1.807, 2.05) is 48.5 Å². The number of hydrogen-bond donors (Lipinski definition) is 0. The highest BCUT2D eigenvalue weighted by atomic mass is 35.5. The molecule has 0 saturated heterocycles. The Balaban J connectivity index is 1.97. The van der Waals surface area contributed by atoms with Gasteiger partial charge in [-0.05, 0) is 41.5 Å². The minimum Gasteiger partial charge on any atom is -0.456 e. The Bertz CT molecular complexity index is 904. The van der Waals surface area contributed by atoms with E-state index in [9.17, 15) is 0 Å². The Morgan fingerprint density at radius 1 is 0.650 bits per heavy atom. The minimum absolute atomic E-state index is 0.753. The lowest BCUT2D eigenvalue weighted by Crippen LogP contribution is -1.77. The zero-order valence-corrected chi connectivity index (χ0v) is 11.4. The third kappa shape index (κ3) is 1.79. The van der Waals surface area contributed by atoms with Crippen molar-refractivity contribution < 1.29 is 4.42 Å². The molecule has 96 valence electrons. The van der Waals surface area contributed by atoms with E-state index in [0.29, 0.717) is 0 Å². The number of fused-ring (bicyclic) bond motifs is 3. The lowest BCUT2D eigenvalue weighted by atomic mass is 10.0. The first kappa shape index (κ1) is 11.6. The van der Waals surface area contributed by atoms with Crippen LogP contribution in [0.3, 0.4) is 0 Å². The predicted molar refractivity (Wildman–Crippen MR) is 84.2 cm³/mol. The van der Waals surface area contributed by atoms with Crippen molar-refractivity contribution in [2.45, 2.75) is 0 Å². The van der Waals surface area contributed by atoms with Gasteiger partial charge in [-0.2, -0.15) is 0 Å². The highest BCUT2D eigenvalue weighted by molar-refractivity contribution is 6.30. The van der Waals surface area contributed by atoms with Gasteiger partial charge in [-0.3, -0.25) is 0 Å². The van der Waals surface area contributed by atoms with E-state index in [1.165, 1.54) is 5.56 Å². The highest BCUT2D eigenvalue weighted by Crippen LogP contribution is 2.32. The molecule has 0 fully saturated rings. The summed E-state index contributed by atoms with van der Waals surface area (Å²) >= 11 is 5.94. The molecule has 0 spiro atoms. The molecule has 0 N–H and O–H groups in total. The van der Waals surface area contributed by atoms with Crippen LogP contribution in [0.2, 0.25) is 5.02 Å². The van der Waals surface area contributed by atoms with Crippen molar-refractivity contribution in [3.05, 3.63) is 71.8 Å². The molecular formula is C18H11ClO. The van der Waals surface area contributed by atoms with Gasteiger partial charge < -0.3 is 4.42 Å². The molecule has 0 aliphatic rings. The molecule has 0 aliphatic heterocycles. The Labute approximate surface area is 121 Å². The van der Waals surface area contributed by atoms with Gasteiger partial charge in [-0.1, -0.05) is 48.0 Å². The van der Waals surface area contributed by atoms with Crippen LogP contribution in [0.25, 0.3) is 33.1 Å². The molecule has 20 heavy (non-hydrogen) atoms. The summed E-state index contributed by atoms with van der Waals surface area (Å²) in [6, 6.07) is 22.3. The maximum atomic E-state index is 5.94. The van der Waals surface area contributed by atoms with Crippen LogP contribution in [0.15, 0.2) is 71.1 Å². The van der Waals surface area contributed by atoms with Gasteiger partial charge in [0.15, 0.2) is 0 Å². The molecule has 1 aromatic heterocycles. The molecule has 3 aromatic carbocycles. The summed E-state index contributed by atoms with van der Waals surface area (Å²) in [5.41, 5.74) is 4.17. The first-order valence-corrected chi connectivity index (χ1v) is 6.86. The van der Waals surface area contributed by atoms with Gasteiger partial charge in [0.2, 0.25) is 0 Å². The van der Waals surface area contributed by atoms with Gasteiger partial charge in [0.25, 0.3) is 0 Å². The zero-order chi connectivity index (χ0) is 13.5. The van der Waals surface area contributed by atoms with E-state index in [0.717, 1.165) is 32.5 Å². The van der Waals surface area contributed by atoms with Crippen molar-refractivity contribution in [1.29, 1.82) is 0 Å². The number of halogens is 1. The predicted octanol–water partition coefficient (Wildman–Crippen LogP) is 5.91. The fourth-order valence-electron chi connectivity index (χ4n) is 2.55. The molecule has 1 heterocycles. The summed E-state index contributed by atoms with van der Waals surface area (Å²) in [5, 5.41) is 3.05. The van der Waals surface area contributed by atoms with Gasteiger partial charge in [0.1, 0.15) is 11.2 Å². The van der Waals surface area contributed by atoms with Gasteiger partial charge in [-0.15, -0.1) is 0 Å². The topological polar surface area (TPSA) is 13.1 Å². The molecule has 4 aromatic rings. The van der Waals surface area contributed by atoms with Gasteiger partial charge in [0, 0.05) is 15.8 Å². The second kappa shape index (κ2) is 4.39. The second-order valence-electron chi connectivity index (χ2n) is 4.82. The molecule has 0 aliphatic carbocycles. The summed E-state index contributed by atoms with van der Waals surface area (Å²) in [7, 11) is 0. The average Bonchev–Trinajstić information content (AvgIpc) is 2.86. The quantitative estimate of drug-likeness (QED) is 0.422. The van der Waals surface area contributed by atoms with E-state index in [2.05, 4.69) is 18.2 Å². The number of rotatable bonds is 1. The lowest BCUT2D eigenvalue weighted by Gasteiger charge is -2.01. The Hall–Kier alpha value is -2.25. The minimum atomic E-state index is 0.753. The van der Waals surface area contributed by atoms with Crippen LogP contribution in [-0.4, -0.2) is 0 Å². The normalized spacial score (nSPS) is 11.2. The maximum Gasteiger partial charge on any atom is 0.135 e. The number of furan rings is 1. The van der Waals surface area contributed by atoms with Crippen molar-refractivity contribution in [2.75, 3.05) is 0 Å². The van der Waals surface area contributed by atoms with Gasteiger partial charge in [0.05, 0.1) is 0 Å². The summed E-state index contributed by atoms with van der Waals surface area (Å²) in [4.78, 5) is 0. The van der Waals surface area contributed by atoms with Crippen molar-refractivity contribution in [3.63, 3.8) is 0 Å². The summed E-state index contributed by atoms with van der Waals surface area (Å²) in [5.74, 6) is 0. The smallest absolute Gasteiger partial charge is 0.135 e. The molecule has 2 heteroatoms. The van der Waals surface area contributed by atoms with Crippen LogP contribution < -0.4 is 0 Å². The van der Waals surface area contributed by atoms with Crippen molar-refractivity contribution in [1.82, 2.24) is 0 Å². The zero-order valence-electron chi connectivity index (χ0n) is 10.6. The van der Waals surface area contributed by atoms with Crippen molar-refractivity contribution in [3.8, 4) is 11.1 Å². The molecule has 0 radical (unpaired) electrons. The van der Waals surface area contributed by atoms with Crippen molar-refractivity contribution >= 4 is 33.5 Å². The number of para-hydroxylation sites is 1. The number of benzene rings is 3. The fourth-order valence-corrected chi connectivity index (χ4v) is 2.67. The van der Waals surface area contributed by atoms with Crippen LogP contribution in [0, 0.1) is 0 Å². The SMILES string of the molecule is Clc1ccc(-c2ccc3oc4ccccc4c3c2)cc1. The molecule has 0 amide bonds. The lowest BCUT2D eigenvalue weighted by molar-refractivity contribution is 0.669. The third-order valence-electron chi connectivity index (χ3n) is 3.55. The highest BCUT2D eigenvalue weighted by Gasteiger charge is 2.07. The van der Waals surface area contributed by atoms with E-state index in [-0.39, 0.29) is 0 Å². The standard InChI is InChI=1S/C18H11ClO/c19-14-8-5-12(6-9-14)13-7-10-18-16(11-13)15-3-1-2-4-17(15)20-18/h1-11H. The maximum absolute atomic E-state index is 5.94. The van der Waals surface area contributed by atoms with Gasteiger partial charge >= 0.3 is 0 Å². The first-order chi connectivity index (χ1) is 9.81. The molecule has 4 rings (SSSR count). The number of hydrogen-bond acceptors (Lipinski definition) is 1. The van der Waals surface area contributed by atoms with Crippen molar-refractivity contribution in [2.24, 2.45) is 0 Å². The molecule has 1 nitrogen and oxygen atoms in total. The molecular weight excluding hydrogens is 268 g/mol. The Morgan fingerprint density at radius 3 is 2.20 bits per heavy atom. The fraction of sp³-hybridized carbons (Fsp3) is 0. The van der Waals surface area contributed by atoms with Gasteiger partial charge in [-0.25, -0.2) is 0 Å². The van der Waals surface area contributed by atoms with Crippen LogP contribution in [0.5, 0.6) is 0 Å². The van der Waals surface area contributed by atoms with Crippen LogP contribution >= 0.6 is 11.6 Å². The molecule has 0 saturated carbocycles. The summed E-state index contributed by atoms with van der Waals surface area (Å²) in [6.07, 6.45) is 0. The van der Waals surface area contributed by atoms with Crippen LogP contribution in [-0.2, 0) is 0 Å². The van der Waals surface area contributed by atoms with Crippen LogP contribution in [0.4, 0.5) is 0 Å². The molecule has 0 atom stereocenters. The van der Waals surface area contributed by atoms with E-state index in [4.69, 9.17) is 16.0 Å². The largest absolute Gasteiger partial charge is 0.456 e. The van der Waals surface area contributed by atoms with E-state index < -0.39 is 0 Å². The van der Waals surface area contributed by atoms with E-state index in [1.54, 1.807) is 0 Å². The molecule has 0 bridgehead atoms. The first-order valence-electron chi connectivity index (χ1n) is 6.48. The van der Waals surface area contributed by atoms with Crippen LogP contribution in [0.1, 0.15) is 0 Å². The Kier molecular flexibility index (Phi) is 2.54. The third-order valence-corrected chi connectivity index (χ3v) is 3.81. The monoisotopic (exact) mass is 278 g/mol. The average molecular weight is 279 g/mol. The Morgan fingerprint density at radius 2 is 1.35 bits per heavy atom. The summed E-state index contributed by atoms with van der Waals surface area (Å²) < 4.78 is 5.84. The second-order valence-corrected chi connectivity index (χ2v) is 5.25.